The molecule has 0 spiro atoms. The molecule has 3 atom stereocenters. The zero-order valence-electron chi connectivity index (χ0n) is 9.43. The van der Waals surface area contributed by atoms with Gasteiger partial charge < -0.3 is 20.6 Å². The number of carboxylic acids is 1. The topological polar surface area (TPSA) is 89.8 Å². The second-order valence-corrected chi connectivity index (χ2v) is 4.52. The third-order valence-electron chi connectivity index (χ3n) is 3.07. The molecule has 0 saturated heterocycles. The summed E-state index contributed by atoms with van der Waals surface area (Å²) >= 11 is 0. The summed E-state index contributed by atoms with van der Waals surface area (Å²) in [6.07, 6.45) is 2.74. The quantitative estimate of drug-likeness (QED) is 0.515. The van der Waals surface area contributed by atoms with Crippen LogP contribution in [0.4, 0.5) is 0 Å². The van der Waals surface area contributed by atoms with Crippen molar-refractivity contribution in [1.82, 2.24) is 5.32 Å². The van der Waals surface area contributed by atoms with Crippen LogP contribution in [0.3, 0.4) is 0 Å². The van der Waals surface area contributed by atoms with Crippen LogP contribution in [-0.4, -0.2) is 46.6 Å². The van der Waals surface area contributed by atoms with E-state index in [1.807, 2.05) is 0 Å². The highest BCUT2D eigenvalue weighted by atomic mass is 16.4. The molecule has 1 fully saturated rings. The third kappa shape index (κ3) is 4.92. The van der Waals surface area contributed by atoms with Crippen molar-refractivity contribution >= 4 is 5.97 Å². The summed E-state index contributed by atoms with van der Waals surface area (Å²) in [6.45, 7) is 0.924. The van der Waals surface area contributed by atoms with Crippen molar-refractivity contribution < 1.29 is 20.1 Å². The van der Waals surface area contributed by atoms with Crippen molar-refractivity contribution in [3.8, 4) is 0 Å². The van der Waals surface area contributed by atoms with Crippen LogP contribution in [0.5, 0.6) is 0 Å². The van der Waals surface area contributed by atoms with E-state index in [4.69, 9.17) is 5.11 Å². The van der Waals surface area contributed by atoms with E-state index in [0.29, 0.717) is 6.54 Å². The summed E-state index contributed by atoms with van der Waals surface area (Å²) in [5, 5.41) is 30.5. The van der Waals surface area contributed by atoms with E-state index >= 15 is 0 Å². The number of hydrogen-bond acceptors (Lipinski definition) is 4. The monoisotopic (exact) mass is 231 g/mol. The summed E-state index contributed by atoms with van der Waals surface area (Å²) in [6, 6.07) is 0. The van der Waals surface area contributed by atoms with Gasteiger partial charge in [-0.1, -0.05) is 12.8 Å². The van der Waals surface area contributed by atoms with Crippen molar-refractivity contribution in [2.24, 2.45) is 5.92 Å². The van der Waals surface area contributed by atoms with Gasteiger partial charge in [0.2, 0.25) is 0 Å². The van der Waals surface area contributed by atoms with Gasteiger partial charge in [-0.25, -0.2) is 0 Å². The van der Waals surface area contributed by atoms with Gasteiger partial charge in [0.05, 0.1) is 18.6 Å². The van der Waals surface area contributed by atoms with Crippen LogP contribution in [0.2, 0.25) is 0 Å². The first kappa shape index (κ1) is 13.4. The molecule has 0 heterocycles. The van der Waals surface area contributed by atoms with Gasteiger partial charge >= 0.3 is 5.97 Å². The molecule has 0 aliphatic heterocycles. The summed E-state index contributed by atoms with van der Waals surface area (Å²) < 4.78 is 0. The normalized spacial score (nSPS) is 27.6. The molecule has 0 radical (unpaired) electrons. The maximum Gasteiger partial charge on any atom is 0.306 e. The van der Waals surface area contributed by atoms with Crippen LogP contribution in [-0.2, 0) is 4.79 Å². The van der Waals surface area contributed by atoms with E-state index in [0.717, 1.165) is 25.7 Å². The molecule has 0 bridgehead atoms. The standard InChI is InChI=1S/C11H21NO4/c13-9(5-11(15)16)7-12-6-8-3-1-2-4-10(8)14/h8-10,12-14H,1-7H2,(H,15,16). The summed E-state index contributed by atoms with van der Waals surface area (Å²) in [5.74, 6) is -0.752. The molecule has 1 aliphatic carbocycles. The maximum atomic E-state index is 10.3. The first-order valence-corrected chi connectivity index (χ1v) is 5.88. The number of rotatable bonds is 6. The third-order valence-corrected chi connectivity index (χ3v) is 3.07. The lowest BCUT2D eigenvalue weighted by molar-refractivity contribution is -0.139. The van der Waals surface area contributed by atoms with Crippen LogP contribution < -0.4 is 5.32 Å². The maximum absolute atomic E-state index is 10.3. The summed E-state index contributed by atoms with van der Waals surface area (Å²) in [5.41, 5.74) is 0. The Morgan fingerprint density at radius 1 is 1.38 bits per heavy atom. The molecule has 16 heavy (non-hydrogen) atoms. The van der Waals surface area contributed by atoms with Crippen molar-refractivity contribution in [3.63, 3.8) is 0 Å². The predicted molar refractivity (Wildman–Crippen MR) is 59.1 cm³/mol. The van der Waals surface area contributed by atoms with Gasteiger partial charge in [0.15, 0.2) is 0 Å². The van der Waals surface area contributed by atoms with Crippen LogP contribution in [0.25, 0.3) is 0 Å². The van der Waals surface area contributed by atoms with Gasteiger partial charge in [0.1, 0.15) is 0 Å². The lowest BCUT2D eigenvalue weighted by Gasteiger charge is -2.28. The van der Waals surface area contributed by atoms with Crippen LogP contribution in [0.1, 0.15) is 32.1 Å². The van der Waals surface area contributed by atoms with Gasteiger partial charge in [0, 0.05) is 13.1 Å². The average Bonchev–Trinajstić information content (AvgIpc) is 2.19. The van der Waals surface area contributed by atoms with Crippen LogP contribution in [0, 0.1) is 5.92 Å². The first-order valence-electron chi connectivity index (χ1n) is 5.88. The first-order chi connectivity index (χ1) is 7.59. The van der Waals surface area contributed by atoms with Crippen molar-refractivity contribution in [3.05, 3.63) is 0 Å². The Kier molecular flexibility index (Phi) is 5.73. The van der Waals surface area contributed by atoms with Crippen molar-refractivity contribution in [2.45, 2.75) is 44.3 Å². The van der Waals surface area contributed by atoms with Crippen molar-refractivity contribution in [1.29, 1.82) is 0 Å². The van der Waals surface area contributed by atoms with Gasteiger partial charge in [-0.05, 0) is 18.8 Å². The van der Waals surface area contributed by atoms with Crippen LogP contribution in [0.15, 0.2) is 0 Å². The van der Waals surface area contributed by atoms with E-state index in [1.54, 1.807) is 0 Å². The molecule has 0 aromatic carbocycles. The van der Waals surface area contributed by atoms with Gasteiger partial charge in [-0.3, -0.25) is 4.79 Å². The number of carboxylic acid groups (broad SMARTS) is 1. The number of aliphatic carboxylic acids is 1. The fraction of sp³-hybridized carbons (Fsp3) is 0.909. The SMILES string of the molecule is O=C(O)CC(O)CNCC1CCCCC1O. The van der Waals surface area contributed by atoms with Gasteiger partial charge in [-0.2, -0.15) is 0 Å². The largest absolute Gasteiger partial charge is 0.481 e. The van der Waals surface area contributed by atoms with Gasteiger partial charge in [-0.15, -0.1) is 0 Å². The number of carbonyl (C=O) groups is 1. The Balaban J connectivity index is 2.11. The van der Waals surface area contributed by atoms with Crippen molar-refractivity contribution in [2.75, 3.05) is 13.1 Å². The highest BCUT2D eigenvalue weighted by Gasteiger charge is 2.22. The molecule has 1 saturated carbocycles. The number of nitrogens with one attached hydrogen (secondary N) is 1. The minimum Gasteiger partial charge on any atom is -0.481 e. The molecule has 3 unspecified atom stereocenters. The Hall–Kier alpha value is -0.650. The van der Waals surface area contributed by atoms with E-state index in [1.165, 1.54) is 0 Å². The minimum atomic E-state index is -0.994. The zero-order valence-corrected chi connectivity index (χ0v) is 9.43. The summed E-state index contributed by atoms with van der Waals surface area (Å²) in [4.78, 5) is 10.3. The predicted octanol–water partition coefficient (Wildman–Crippen LogP) is -0.0373. The second kappa shape index (κ2) is 6.83. The molecule has 4 N–H and O–H groups in total. The molecule has 0 aromatic rings. The van der Waals surface area contributed by atoms with E-state index < -0.39 is 12.1 Å². The zero-order chi connectivity index (χ0) is 12.0. The minimum absolute atomic E-state index is 0.236. The number of hydrogen-bond donors (Lipinski definition) is 4. The van der Waals surface area contributed by atoms with Crippen LogP contribution >= 0.6 is 0 Å². The Bertz CT molecular complexity index is 222. The second-order valence-electron chi connectivity index (χ2n) is 4.52. The molecule has 0 amide bonds. The molecule has 5 heteroatoms. The summed E-state index contributed by atoms with van der Waals surface area (Å²) in [7, 11) is 0. The molecule has 94 valence electrons. The van der Waals surface area contributed by atoms with E-state index in [2.05, 4.69) is 5.32 Å². The highest BCUT2D eigenvalue weighted by molar-refractivity contribution is 5.67. The molecule has 1 aliphatic rings. The lowest BCUT2D eigenvalue weighted by Crippen LogP contribution is -2.37. The highest BCUT2D eigenvalue weighted by Crippen LogP contribution is 2.23. The Morgan fingerprint density at radius 3 is 2.69 bits per heavy atom. The van der Waals surface area contributed by atoms with E-state index in [9.17, 15) is 15.0 Å². The smallest absolute Gasteiger partial charge is 0.306 e. The average molecular weight is 231 g/mol. The fourth-order valence-electron chi connectivity index (χ4n) is 2.14. The van der Waals surface area contributed by atoms with E-state index in [-0.39, 0.29) is 25.0 Å². The molecular formula is C11H21NO4. The molecule has 0 aromatic heterocycles. The van der Waals surface area contributed by atoms with Gasteiger partial charge in [0.25, 0.3) is 0 Å². The number of aliphatic hydroxyl groups is 2. The molecular weight excluding hydrogens is 210 g/mol. The number of aliphatic hydroxyl groups excluding tert-OH is 2. The fourth-order valence-corrected chi connectivity index (χ4v) is 2.14. The molecule has 5 nitrogen and oxygen atoms in total. The Labute approximate surface area is 95.5 Å². The Morgan fingerprint density at radius 2 is 2.06 bits per heavy atom. The molecule has 1 rings (SSSR count). The lowest BCUT2D eigenvalue weighted by atomic mass is 9.86.